The molecule has 0 unspecified atom stereocenters. The highest BCUT2D eigenvalue weighted by Gasteiger charge is 2.11. The molecule has 28 heavy (non-hydrogen) atoms. The molecule has 6 nitrogen and oxygen atoms in total. The van der Waals surface area contributed by atoms with E-state index in [-0.39, 0.29) is 11.3 Å². The van der Waals surface area contributed by atoms with Crippen LogP contribution in [-0.4, -0.2) is 24.1 Å². The highest BCUT2D eigenvalue weighted by molar-refractivity contribution is 6.04. The van der Waals surface area contributed by atoms with Gasteiger partial charge in [0.2, 0.25) is 0 Å². The second-order valence-electron chi connectivity index (χ2n) is 5.90. The largest absolute Gasteiger partial charge is 0.494 e. The lowest BCUT2D eigenvalue weighted by Gasteiger charge is -2.09. The topological polar surface area (TPSA) is 87.7 Å². The van der Waals surface area contributed by atoms with E-state index >= 15 is 0 Å². The van der Waals surface area contributed by atoms with Crippen molar-refractivity contribution in [1.29, 1.82) is 0 Å². The second-order valence-corrected chi connectivity index (χ2v) is 5.90. The van der Waals surface area contributed by atoms with Crippen molar-refractivity contribution in [2.24, 2.45) is 0 Å². The number of ether oxygens (including phenoxy) is 1. The fourth-order valence-corrected chi connectivity index (χ4v) is 2.67. The van der Waals surface area contributed by atoms with E-state index in [1.165, 1.54) is 19.2 Å². The molecule has 0 aliphatic rings. The smallest absolute Gasteiger partial charge is 0.274 e. The molecule has 0 spiro atoms. The molecular weight excluding hydrogens is 363 g/mol. The number of anilines is 1. The lowest BCUT2D eigenvalue weighted by molar-refractivity contribution is 0.0706. The molecular formula is C21H17FN2O4. The molecule has 3 aromatic rings. The van der Waals surface area contributed by atoms with Crippen molar-refractivity contribution >= 4 is 17.5 Å². The predicted octanol–water partition coefficient (Wildman–Crippen LogP) is 3.87. The molecule has 0 saturated carbocycles. The number of benzene rings is 3. The monoisotopic (exact) mass is 380 g/mol. The van der Waals surface area contributed by atoms with E-state index in [2.05, 4.69) is 5.32 Å². The fourth-order valence-electron chi connectivity index (χ4n) is 2.67. The van der Waals surface area contributed by atoms with Crippen molar-refractivity contribution in [2.75, 3.05) is 12.4 Å². The zero-order chi connectivity index (χ0) is 20.1. The van der Waals surface area contributed by atoms with Gasteiger partial charge in [-0.05, 0) is 53.6 Å². The zero-order valence-corrected chi connectivity index (χ0v) is 14.9. The fraction of sp³-hybridized carbons (Fsp3) is 0.0476. The van der Waals surface area contributed by atoms with Crippen molar-refractivity contribution in [3.63, 3.8) is 0 Å². The molecule has 0 aliphatic carbocycles. The maximum atomic E-state index is 13.8. The van der Waals surface area contributed by atoms with Gasteiger partial charge >= 0.3 is 0 Å². The van der Waals surface area contributed by atoms with E-state index in [1.807, 2.05) is 6.07 Å². The maximum Gasteiger partial charge on any atom is 0.274 e. The van der Waals surface area contributed by atoms with E-state index in [9.17, 15) is 14.0 Å². The van der Waals surface area contributed by atoms with Gasteiger partial charge in [0, 0.05) is 16.8 Å². The van der Waals surface area contributed by atoms with Gasteiger partial charge in [-0.1, -0.05) is 24.3 Å². The molecule has 3 rings (SSSR count). The first-order valence-corrected chi connectivity index (χ1v) is 8.31. The summed E-state index contributed by atoms with van der Waals surface area (Å²) >= 11 is 0. The predicted molar refractivity (Wildman–Crippen MR) is 102 cm³/mol. The maximum absolute atomic E-state index is 13.8. The Balaban J connectivity index is 1.78. The van der Waals surface area contributed by atoms with Crippen LogP contribution in [0.2, 0.25) is 0 Å². The summed E-state index contributed by atoms with van der Waals surface area (Å²) in [7, 11) is 1.35. The second kappa shape index (κ2) is 8.32. The van der Waals surface area contributed by atoms with Crippen molar-refractivity contribution in [3.05, 3.63) is 83.7 Å². The lowest BCUT2D eigenvalue weighted by atomic mass is 10.0. The summed E-state index contributed by atoms with van der Waals surface area (Å²) in [5.74, 6) is -1.60. The third-order valence-corrected chi connectivity index (χ3v) is 4.12. The van der Waals surface area contributed by atoms with Crippen molar-refractivity contribution in [1.82, 2.24) is 5.48 Å². The van der Waals surface area contributed by atoms with Gasteiger partial charge < -0.3 is 10.1 Å². The van der Waals surface area contributed by atoms with Crippen LogP contribution < -0.4 is 15.5 Å². The van der Waals surface area contributed by atoms with Crippen LogP contribution in [0.3, 0.4) is 0 Å². The number of halogens is 1. The number of hydrogen-bond acceptors (Lipinski definition) is 4. The number of hydroxylamine groups is 1. The Hall–Kier alpha value is -3.71. The first-order valence-electron chi connectivity index (χ1n) is 8.31. The number of amides is 2. The Bertz CT molecular complexity index is 1020. The number of hydrogen-bond donors (Lipinski definition) is 3. The van der Waals surface area contributed by atoms with Gasteiger partial charge in [0.05, 0.1) is 7.11 Å². The minimum atomic E-state index is -0.615. The van der Waals surface area contributed by atoms with Gasteiger partial charge in [0.1, 0.15) is 0 Å². The standard InChI is InChI=1S/C21H17FN2O4/c1-28-19-10-9-16(12-18(19)22)20(25)23-17-4-2-3-15(11-17)13-5-7-14(8-6-13)21(26)24-27/h2-12,27H,1H3,(H,23,25)(H,24,26). The molecule has 0 saturated heterocycles. The van der Waals surface area contributed by atoms with Crippen LogP contribution in [0, 0.1) is 5.82 Å². The Morgan fingerprint density at radius 3 is 2.25 bits per heavy atom. The van der Waals surface area contributed by atoms with Crippen LogP contribution in [-0.2, 0) is 0 Å². The third-order valence-electron chi connectivity index (χ3n) is 4.12. The van der Waals surface area contributed by atoms with Crippen LogP contribution in [0.25, 0.3) is 11.1 Å². The molecule has 7 heteroatoms. The average Bonchev–Trinajstić information content (AvgIpc) is 2.73. The van der Waals surface area contributed by atoms with E-state index in [4.69, 9.17) is 9.94 Å². The third kappa shape index (κ3) is 4.16. The van der Waals surface area contributed by atoms with Crippen LogP contribution in [0.15, 0.2) is 66.7 Å². The Morgan fingerprint density at radius 1 is 0.893 bits per heavy atom. The van der Waals surface area contributed by atoms with Gasteiger partial charge in [0.25, 0.3) is 11.8 Å². The number of rotatable bonds is 5. The summed E-state index contributed by atoms with van der Waals surface area (Å²) in [5, 5.41) is 11.4. The van der Waals surface area contributed by atoms with Gasteiger partial charge in [-0.2, -0.15) is 0 Å². The van der Waals surface area contributed by atoms with Crippen LogP contribution in [0.4, 0.5) is 10.1 Å². The summed E-state index contributed by atoms with van der Waals surface area (Å²) in [6, 6.07) is 17.7. The molecule has 3 N–H and O–H groups in total. The molecule has 0 aliphatic heterocycles. The van der Waals surface area contributed by atoms with Gasteiger partial charge in [0.15, 0.2) is 11.6 Å². The molecule has 2 amide bonds. The van der Waals surface area contributed by atoms with Crippen molar-refractivity contribution in [3.8, 4) is 16.9 Å². The van der Waals surface area contributed by atoms with Crippen LogP contribution >= 0.6 is 0 Å². The quantitative estimate of drug-likeness (QED) is 0.463. The molecule has 0 aromatic heterocycles. The van der Waals surface area contributed by atoms with Crippen molar-refractivity contribution in [2.45, 2.75) is 0 Å². The van der Waals surface area contributed by atoms with Crippen LogP contribution in [0.1, 0.15) is 20.7 Å². The van der Waals surface area contributed by atoms with E-state index in [1.54, 1.807) is 47.9 Å². The summed E-state index contributed by atoms with van der Waals surface area (Å²) in [6.07, 6.45) is 0. The average molecular weight is 380 g/mol. The number of nitrogens with one attached hydrogen (secondary N) is 2. The lowest BCUT2D eigenvalue weighted by Crippen LogP contribution is -2.18. The minimum absolute atomic E-state index is 0.0665. The molecule has 3 aromatic carbocycles. The Labute approximate surface area is 160 Å². The number of methoxy groups -OCH3 is 1. The highest BCUT2D eigenvalue weighted by atomic mass is 19.1. The summed E-state index contributed by atoms with van der Waals surface area (Å²) in [4.78, 5) is 23.8. The zero-order valence-electron chi connectivity index (χ0n) is 14.9. The molecule has 0 fully saturated rings. The first kappa shape index (κ1) is 19.1. The normalized spacial score (nSPS) is 10.2. The van der Waals surface area contributed by atoms with E-state index < -0.39 is 17.6 Å². The first-order chi connectivity index (χ1) is 13.5. The van der Waals surface area contributed by atoms with E-state index in [0.717, 1.165) is 17.2 Å². The molecule has 142 valence electrons. The summed E-state index contributed by atoms with van der Waals surface area (Å²) in [6.45, 7) is 0. The van der Waals surface area contributed by atoms with E-state index in [0.29, 0.717) is 11.3 Å². The Kier molecular flexibility index (Phi) is 5.67. The molecule has 0 bridgehead atoms. The Morgan fingerprint density at radius 2 is 1.61 bits per heavy atom. The molecule has 0 heterocycles. The molecule has 0 radical (unpaired) electrons. The van der Waals surface area contributed by atoms with Gasteiger partial charge in [-0.3, -0.25) is 14.8 Å². The minimum Gasteiger partial charge on any atom is -0.494 e. The van der Waals surface area contributed by atoms with Gasteiger partial charge in [-0.25, -0.2) is 9.87 Å². The molecule has 0 atom stereocenters. The highest BCUT2D eigenvalue weighted by Crippen LogP contribution is 2.24. The summed E-state index contributed by atoms with van der Waals surface area (Å²) < 4.78 is 18.6. The SMILES string of the molecule is COc1ccc(C(=O)Nc2cccc(-c3ccc(C(=O)NO)cc3)c2)cc1F. The number of carbonyl (C=O) groups is 2. The number of carbonyl (C=O) groups excluding carboxylic acids is 2. The summed E-state index contributed by atoms with van der Waals surface area (Å²) in [5.41, 5.74) is 4.24. The van der Waals surface area contributed by atoms with Crippen LogP contribution in [0.5, 0.6) is 5.75 Å². The van der Waals surface area contributed by atoms with Crippen molar-refractivity contribution < 1.29 is 23.9 Å². The van der Waals surface area contributed by atoms with Gasteiger partial charge in [-0.15, -0.1) is 0 Å².